The Bertz CT molecular complexity index is 1040. The minimum absolute atomic E-state index is 0.0405. The molecule has 1 aliphatic heterocycles. The van der Waals surface area contributed by atoms with Crippen LogP contribution in [0.4, 0.5) is 0 Å². The molecule has 26 heavy (non-hydrogen) atoms. The fourth-order valence-corrected chi connectivity index (χ4v) is 2.93. The minimum atomic E-state index is -0.473. The Morgan fingerprint density at radius 1 is 1.04 bits per heavy atom. The molecule has 0 saturated heterocycles. The van der Waals surface area contributed by atoms with Crippen molar-refractivity contribution in [3.8, 4) is 28.7 Å². The van der Waals surface area contributed by atoms with Crippen molar-refractivity contribution in [2.45, 2.75) is 6.10 Å². The highest BCUT2D eigenvalue weighted by Gasteiger charge is 2.29. The first kappa shape index (κ1) is 16.1. The van der Waals surface area contributed by atoms with Crippen LogP contribution in [0.2, 0.25) is 0 Å². The molecule has 1 N–H and O–H groups in total. The molecule has 0 amide bonds. The molecule has 0 saturated carbocycles. The maximum absolute atomic E-state index is 11.6. The number of hydrogen-bond donors (Lipinski definition) is 1. The number of phenols is 1. The first-order valence-electron chi connectivity index (χ1n) is 7.92. The summed E-state index contributed by atoms with van der Waals surface area (Å²) in [4.78, 5) is 11.6. The third-order valence-corrected chi connectivity index (χ3v) is 4.22. The number of rotatable bonds is 3. The van der Waals surface area contributed by atoms with Crippen molar-refractivity contribution in [3.63, 3.8) is 0 Å². The van der Waals surface area contributed by atoms with Crippen molar-refractivity contribution in [2.24, 2.45) is 0 Å². The van der Waals surface area contributed by atoms with Gasteiger partial charge in [-0.25, -0.2) is 4.79 Å². The molecule has 1 aliphatic rings. The van der Waals surface area contributed by atoms with Gasteiger partial charge in [-0.2, -0.15) is 0 Å². The standard InChI is InChI=1S/C19H16O7/c1-22-13-7-10(3-5-12(13)20)15-9-24-19-17-11(4-6-16(21)26-17)8-14(23-2)18(19)25-15/h3-8,15,20H,9H2,1-2H3/t15-/m0/s1. The first-order chi connectivity index (χ1) is 12.6. The van der Waals surface area contributed by atoms with Gasteiger partial charge in [-0.3, -0.25) is 0 Å². The van der Waals surface area contributed by atoms with Crippen molar-refractivity contribution in [3.05, 3.63) is 52.4 Å². The van der Waals surface area contributed by atoms with E-state index in [4.69, 9.17) is 23.4 Å². The Balaban J connectivity index is 1.80. The maximum Gasteiger partial charge on any atom is 0.336 e. The second-order valence-electron chi connectivity index (χ2n) is 5.76. The van der Waals surface area contributed by atoms with Gasteiger partial charge in [-0.1, -0.05) is 6.07 Å². The molecule has 7 nitrogen and oxygen atoms in total. The second-order valence-corrected chi connectivity index (χ2v) is 5.76. The summed E-state index contributed by atoms with van der Waals surface area (Å²) in [5, 5.41) is 10.4. The van der Waals surface area contributed by atoms with Crippen molar-refractivity contribution in [2.75, 3.05) is 20.8 Å². The fraction of sp³-hybridized carbons (Fsp3) is 0.211. The van der Waals surface area contributed by atoms with Crippen LogP contribution in [0.25, 0.3) is 11.0 Å². The number of hydrogen-bond acceptors (Lipinski definition) is 7. The SMILES string of the molecule is COc1cc([C@@H]2COc3c(c(OC)cc4ccc(=O)oc34)O2)ccc1O. The van der Waals surface area contributed by atoms with Crippen LogP contribution >= 0.6 is 0 Å². The highest BCUT2D eigenvalue weighted by Crippen LogP contribution is 2.48. The van der Waals surface area contributed by atoms with E-state index in [9.17, 15) is 9.90 Å². The monoisotopic (exact) mass is 356 g/mol. The summed E-state index contributed by atoms with van der Waals surface area (Å²) in [6, 6.07) is 9.64. The highest BCUT2D eigenvalue weighted by atomic mass is 16.6. The molecule has 0 radical (unpaired) electrons. The average Bonchev–Trinajstić information content (AvgIpc) is 2.67. The van der Waals surface area contributed by atoms with E-state index in [0.717, 1.165) is 5.56 Å². The number of fused-ring (bicyclic) bond motifs is 3. The zero-order valence-electron chi connectivity index (χ0n) is 14.1. The number of benzene rings is 2. The topological polar surface area (TPSA) is 87.4 Å². The Morgan fingerprint density at radius 2 is 1.85 bits per heavy atom. The summed E-state index contributed by atoms with van der Waals surface area (Å²) < 4.78 is 27.8. The van der Waals surface area contributed by atoms with Crippen LogP contribution in [-0.4, -0.2) is 25.9 Å². The van der Waals surface area contributed by atoms with Gasteiger partial charge in [0.2, 0.25) is 11.5 Å². The lowest BCUT2D eigenvalue weighted by Gasteiger charge is -2.28. The normalized spacial score (nSPS) is 15.7. The Morgan fingerprint density at radius 3 is 2.62 bits per heavy atom. The number of methoxy groups -OCH3 is 2. The van der Waals surface area contributed by atoms with Gasteiger partial charge in [0.15, 0.2) is 28.9 Å². The third kappa shape index (κ3) is 2.57. The van der Waals surface area contributed by atoms with E-state index in [0.29, 0.717) is 34.0 Å². The van der Waals surface area contributed by atoms with Crippen LogP contribution in [0, 0.1) is 0 Å². The minimum Gasteiger partial charge on any atom is -0.504 e. The average molecular weight is 356 g/mol. The van der Waals surface area contributed by atoms with E-state index in [2.05, 4.69) is 0 Å². The Hall–Kier alpha value is -3.35. The Kier molecular flexibility index (Phi) is 3.84. The molecular weight excluding hydrogens is 340 g/mol. The molecule has 7 heteroatoms. The van der Waals surface area contributed by atoms with E-state index in [1.165, 1.54) is 26.4 Å². The van der Waals surface area contributed by atoms with Crippen LogP contribution in [0.5, 0.6) is 28.7 Å². The third-order valence-electron chi connectivity index (χ3n) is 4.22. The smallest absolute Gasteiger partial charge is 0.336 e. The summed E-state index contributed by atoms with van der Waals surface area (Å²) in [5.74, 6) is 1.54. The second kappa shape index (κ2) is 6.18. The zero-order chi connectivity index (χ0) is 18.3. The molecule has 4 rings (SSSR count). The van der Waals surface area contributed by atoms with Gasteiger partial charge in [0, 0.05) is 11.5 Å². The van der Waals surface area contributed by atoms with Gasteiger partial charge in [0.05, 0.1) is 14.2 Å². The molecule has 1 atom stereocenters. The predicted molar refractivity (Wildman–Crippen MR) is 92.6 cm³/mol. The van der Waals surface area contributed by atoms with E-state index in [1.807, 2.05) is 0 Å². The number of aromatic hydroxyl groups is 1. The van der Waals surface area contributed by atoms with E-state index < -0.39 is 11.7 Å². The van der Waals surface area contributed by atoms with Crippen molar-refractivity contribution in [1.82, 2.24) is 0 Å². The molecule has 2 heterocycles. The highest BCUT2D eigenvalue weighted by molar-refractivity contribution is 5.88. The van der Waals surface area contributed by atoms with Crippen molar-refractivity contribution in [1.29, 1.82) is 0 Å². The van der Waals surface area contributed by atoms with Crippen LogP contribution in [0.15, 0.2) is 45.6 Å². The quantitative estimate of drug-likeness (QED) is 0.722. The molecule has 1 aromatic heterocycles. The maximum atomic E-state index is 11.6. The zero-order valence-corrected chi connectivity index (χ0v) is 14.1. The van der Waals surface area contributed by atoms with Crippen molar-refractivity contribution < 1.29 is 28.5 Å². The van der Waals surface area contributed by atoms with E-state index in [1.54, 1.807) is 24.3 Å². The molecule has 0 aliphatic carbocycles. The van der Waals surface area contributed by atoms with E-state index >= 15 is 0 Å². The number of phenolic OH excluding ortho intramolecular Hbond substituents is 1. The molecule has 0 spiro atoms. The van der Waals surface area contributed by atoms with Gasteiger partial charge in [-0.05, 0) is 29.8 Å². The number of ether oxygens (including phenoxy) is 4. The van der Waals surface area contributed by atoms with Crippen LogP contribution in [0.1, 0.15) is 11.7 Å². The lowest BCUT2D eigenvalue weighted by atomic mass is 10.1. The molecule has 134 valence electrons. The van der Waals surface area contributed by atoms with Crippen LogP contribution < -0.4 is 24.6 Å². The van der Waals surface area contributed by atoms with Gasteiger partial charge in [0.25, 0.3) is 0 Å². The summed E-state index contributed by atoms with van der Waals surface area (Å²) in [6.07, 6.45) is -0.446. The predicted octanol–water partition coefficient (Wildman–Crippen LogP) is 3.03. The summed E-state index contributed by atoms with van der Waals surface area (Å²) >= 11 is 0. The van der Waals surface area contributed by atoms with Gasteiger partial charge >= 0.3 is 5.63 Å². The fourth-order valence-electron chi connectivity index (χ4n) is 2.93. The van der Waals surface area contributed by atoms with Crippen molar-refractivity contribution >= 4 is 11.0 Å². The summed E-state index contributed by atoms with van der Waals surface area (Å²) in [7, 11) is 3.00. The largest absolute Gasteiger partial charge is 0.504 e. The molecule has 3 aromatic rings. The molecule has 0 fully saturated rings. The first-order valence-corrected chi connectivity index (χ1v) is 7.92. The molecule has 0 bridgehead atoms. The van der Waals surface area contributed by atoms with Gasteiger partial charge < -0.3 is 28.5 Å². The van der Waals surface area contributed by atoms with Gasteiger partial charge in [-0.15, -0.1) is 0 Å². The lowest BCUT2D eigenvalue weighted by molar-refractivity contribution is 0.0873. The van der Waals surface area contributed by atoms with E-state index in [-0.39, 0.29) is 12.4 Å². The van der Waals surface area contributed by atoms with Crippen LogP contribution in [0.3, 0.4) is 0 Å². The lowest BCUT2D eigenvalue weighted by Crippen LogP contribution is -2.22. The van der Waals surface area contributed by atoms with Gasteiger partial charge in [0.1, 0.15) is 6.61 Å². The summed E-state index contributed by atoms with van der Waals surface area (Å²) in [6.45, 7) is 0.196. The summed E-state index contributed by atoms with van der Waals surface area (Å²) in [5.41, 5.74) is 0.607. The molecule has 2 aromatic carbocycles. The van der Waals surface area contributed by atoms with Crippen LogP contribution in [-0.2, 0) is 0 Å². The molecule has 0 unspecified atom stereocenters. The molecular formula is C19H16O7. The Labute approximate surface area is 148 Å².